The molecule has 0 aromatic heterocycles. The van der Waals surface area contributed by atoms with Gasteiger partial charge in [-0.05, 0) is 54.1 Å². The third kappa shape index (κ3) is 6.57. The van der Waals surface area contributed by atoms with Gasteiger partial charge in [0.05, 0.1) is 31.7 Å². The van der Waals surface area contributed by atoms with Gasteiger partial charge in [0.2, 0.25) is 0 Å². The summed E-state index contributed by atoms with van der Waals surface area (Å²) in [5.74, 6) is -1.34. The van der Waals surface area contributed by atoms with Gasteiger partial charge in [-0.3, -0.25) is 9.59 Å². The summed E-state index contributed by atoms with van der Waals surface area (Å²) < 4.78 is 15.6. The molecule has 0 bridgehead atoms. The number of carbonyl (C=O) groups is 3. The van der Waals surface area contributed by atoms with Crippen LogP contribution < -0.4 is 25.0 Å². The van der Waals surface area contributed by atoms with Crippen molar-refractivity contribution in [2.45, 2.75) is 0 Å². The van der Waals surface area contributed by atoms with Gasteiger partial charge in [-0.1, -0.05) is 23.7 Å². The van der Waals surface area contributed by atoms with Gasteiger partial charge >= 0.3 is 17.8 Å². The molecule has 0 aliphatic heterocycles. The van der Waals surface area contributed by atoms with Crippen molar-refractivity contribution < 1.29 is 28.6 Å². The van der Waals surface area contributed by atoms with E-state index in [1.165, 1.54) is 20.4 Å². The Bertz CT molecular complexity index is 1230. The summed E-state index contributed by atoms with van der Waals surface area (Å²) in [4.78, 5) is 36.5. The molecule has 0 fully saturated rings. The van der Waals surface area contributed by atoms with Crippen molar-refractivity contribution in [3.63, 3.8) is 0 Å². The zero-order chi connectivity index (χ0) is 24.5. The maximum Gasteiger partial charge on any atom is 0.343 e. The van der Waals surface area contributed by atoms with Crippen LogP contribution in [0.3, 0.4) is 0 Å². The van der Waals surface area contributed by atoms with E-state index >= 15 is 0 Å². The molecule has 0 saturated heterocycles. The number of rotatable bonds is 7. The number of hydrogen-bond donors (Lipinski definition) is 2. The molecule has 0 aliphatic rings. The first-order chi connectivity index (χ1) is 16.4. The van der Waals surface area contributed by atoms with Crippen LogP contribution in [0.1, 0.15) is 15.9 Å². The first-order valence-corrected chi connectivity index (χ1v) is 10.2. The third-order valence-electron chi connectivity index (χ3n) is 4.39. The first kappa shape index (κ1) is 24.3. The molecule has 0 spiro atoms. The lowest BCUT2D eigenvalue weighted by molar-refractivity contribution is -0.136. The topological polar surface area (TPSA) is 115 Å². The number of anilines is 1. The van der Waals surface area contributed by atoms with E-state index < -0.39 is 17.8 Å². The number of halogens is 1. The predicted octanol–water partition coefficient (Wildman–Crippen LogP) is 3.67. The number of nitrogens with zero attached hydrogens (tertiary/aromatic N) is 1. The molecule has 0 unspecified atom stereocenters. The predicted molar refractivity (Wildman–Crippen MR) is 127 cm³/mol. The van der Waals surface area contributed by atoms with Gasteiger partial charge in [0.15, 0.2) is 0 Å². The molecule has 0 radical (unpaired) electrons. The number of amides is 2. The van der Waals surface area contributed by atoms with E-state index in [2.05, 4.69) is 15.8 Å². The fourth-order valence-corrected chi connectivity index (χ4v) is 2.83. The molecule has 0 saturated carbocycles. The van der Waals surface area contributed by atoms with Crippen LogP contribution in [0.15, 0.2) is 71.8 Å². The molecule has 0 heterocycles. The van der Waals surface area contributed by atoms with E-state index in [0.29, 0.717) is 33.3 Å². The van der Waals surface area contributed by atoms with Gasteiger partial charge in [-0.25, -0.2) is 10.2 Å². The Balaban J connectivity index is 1.57. The highest BCUT2D eigenvalue weighted by Crippen LogP contribution is 2.28. The quantitative estimate of drug-likeness (QED) is 0.175. The molecule has 0 atom stereocenters. The Morgan fingerprint density at radius 1 is 0.882 bits per heavy atom. The summed E-state index contributed by atoms with van der Waals surface area (Å²) in [5, 5.41) is 6.72. The van der Waals surface area contributed by atoms with Crippen molar-refractivity contribution in [2.75, 3.05) is 19.5 Å². The van der Waals surface area contributed by atoms with Crippen molar-refractivity contribution in [1.82, 2.24) is 5.43 Å². The van der Waals surface area contributed by atoms with E-state index in [9.17, 15) is 14.4 Å². The number of hydrogen-bond acceptors (Lipinski definition) is 7. The van der Waals surface area contributed by atoms with Crippen molar-refractivity contribution in [1.29, 1.82) is 0 Å². The van der Waals surface area contributed by atoms with Crippen molar-refractivity contribution in [2.24, 2.45) is 5.10 Å². The maximum atomic E-state index is 12.2. The van der Waals surface area contributed by atoms with Gasteiger partial charge in [0.25, 0.3) is 0 Å². The number of esters is 1. The van der Waals surface area contributed by atoms with Crippen LogP contribution in [0, 0.1) is 0 Å². The lowest BCUT2D eigenvalue weighted by atomic mass is 10.2. The fraction of sp³-hybridized carbons (Fsp3) is 0.0833. The summed E-state index contributed by atoms with van der Waals surface area (Å²) in [6, 6.07) is 17.5. The van der Waals surface area contributed by atoms with E-state index in [0.717, 1.165) is 0 Å². The van der Waals surface area contributed by atoms with Gasteiger partial charge in [-0.15, -0.1) is 0 Å². The van der Waals surface area contributed by atoms with Crippen molar-refractivity contribution >= 4 is 41.3 Å². The maximum absolute atomic E-state index is 12.2. The zero-order valence-corrected chi connectivity index (χ0v) is 19.0. The van der Waals surface area contributed by atoms with E-state index in [1.807, 2.05) is 0 Å². The first-order valence-electron chi connectivity index (χ1n) is 9.84. The Morgan fingerprint density at radius 2 is 1.65 bits per heavy atom. The monoisotopic (exact) mass is 481 g/mol. The van der Waals surface area contributed by atoms with Crippen LogP contribution in [-0.2, 0) is 9.59 Å². The van der Waals surface area contributed by atoms with Crippen LogP contribution >= 0.6 is 11.6 Å². The summed E-state index contributed by atoms with van der Waals surface area (Å²) in [7, 11) is 2.92. The number of ether oxygens (including phenoxy) is 3. The SMILES string of the molecule is COc1ccc(NC(=O)C(=O)N/N=C/c2cccc(OC(=O)c3ccc(Cl)cc3)c2)c(OC)c1. The molecule has 10 heteroatoms. The lowest BCUT2D eigenvalue weighted by Gasteiger charge is -2.10. The molecule has 2 N–H and O–H groups in total. The molecule has 174 valence electrons. The highest BCUT2D eigenvalue weighted by molar-refractivity contribution is 6.39. The molecule has 2 amide bonds. The summed E-state index contributed by atoms with van der Waals surface area (Å²) in [5.41, 5.74) is 3.30. The molecular weight excluding hydrogens is 462 g/mol. The van der Waals surface area contributed by atoms with E-state index in [4.69, 9.17) is 25.8 Å². The minimum absolute atomic E-state index is 0.277. The second-order valence-electron chi connectivity index (χ2n) is 6.69. The number of methoxy groups -OCH3 is 2. The molecule has 0 aliphatic carbocycles. The minimum atomic E-state index is -0.987. The molecule has 9 nitrogen and oxygen atoms in total. The number of hydrazone groups is 1. The highest BCUT2D eigenvalue weighted by atomic mass is 35.5. The van der Waals surface area contributed by atoms with E-state index in [-0.39, 0.29) is 5.75 Å². The van der Waals surface area contributed by atoms with E-state index in [1.54, 1.807) is 66.7 Å². The van der Waals surface area contributed by atoms with Crippen molar-refractivity contribution in [3.8, 4) is 17.2 Å². The smallest absolute Gasteiger partial charge is 0.343 e. The fourth-order valence-electron chi connectivity index (χ4n) is 2.71. The third-order valence-corrected chi connectivity index (χ3v) is 4.64. The van der Waals surface area contributed by atoms with Crippen molar-refractivity contribution in [3.05, 3.63) is 82.9 Å². The molecule has 3 rings (SSSR count). The second kappa shape index (κ2) is 11.5. The van der Waals surface area contributed by atoms with Gasteiger partial charge in [0.1, 0.15) is 17.2 Å². The Morgan fingerprint density at radius 3 is 2.35 bits per heavy atom. The number of benzene rings is 3. The summed E-state index contributed by atoms with van der Waals surface area (Å²) >= 11 is 5.82. The van der Waals surface area contributed by atoms with Crippen LogP contribution in [0.25, 0.3) is 0 Å². The second-order valence-corrected chi connectivity index (χ2v) is 7.12. The zero-order valence-electron chi connectivity index (χ0n) is 18.2. The standard InChI is InChI=1S/C24H20ClN3O6/c1-32-18-10-11-20(21(13-18)33-2)27-22(29)23(30)28-26-14-15-4-3-5-19(12-15)34-24(31)16-6-8-17(25)9-7-16/h3-14H,1-2H3,(H,27,29)(H,28,30)/b26-14+. The summed E-state index contributed by atoms with van der Waals surface area (Å²) in [6.07, 6.45) is 1.30. The Hall–Kier alpha value is -4.37. The van der Waals surface area contributed by atoms with Crippen LogP contribution in [0.4, 0.5) is 5.69 Å². The van der Waals surface area contributed by atoms with Gasteiger partial charge in [0, 0.05) is 11.1 Å². The van der Waals surface area contributed by atoms with Gasteiger partial charge < -0.3 is 19.5 Å². The van der Waals surface area contributed by atoms with Crippen LogP contribution in [-0.4, -0.2) is 38.2 Å². The number of carbonyl (C=O) groups excluding carboxylic acids is 3. The average Bonchev–Trinajstić information content (AvgIpc) is 2.84. The van der Waals surface area contributed by atoms with Gasteiger partial charge in [-0.2, -0.15) is 5.10 Å². The molecule has 3 aromatic carbocycles. The molecular formula is C24H20ClN3O6. The normalized spacial score (nSPS) is 10.4. The molecule has 3 aromatic rings. The molecule has 34 heavy (non-hydrogen) atoms. The van der Waals surface area contributed by atoms with Crippen LogP contribution in [0.5, 0.6) is 17.2 Å². The Kier molecular flexibility index (Phi) is 8.20. The minimum Gasteiger partial charge on any atom is -0.497 e. The average molecular weight is 482 g/mol. The number of nitrogens with one attached hydrogen (secondary N) is 2. The van der Waals surface area contributed by atoms with Crippen LogP contribution in [0.2, 0.25) is 5.02 Å². The lowest BCUT2D eigenvalue weighted by Crippen LogP contribution is -2.32. The highest BCUT2D eigenvalue weighted by Gasteiger charge is 2.16. The largest absolute Gasteiger partial charge is 0.497 e. The summed E-state index contributed by atoms with van der Waals surface area (Å²) in [6.45, 7) is 0. The Labute approximate surface area is 200 Å².